The zero-order chi connectivity index (χ0) is 44.4. The minimum atomic E-state index is -0.768. The number of hydrogen-bond donors (Lipinski definition) is 0. The highest BCUT2D eigenvalue weighted by Gasteiger charge is 2.19. The van der Waals surface area contributed by atoms with E-state index in [-0.39, 0.29) is 31.1 Å². The second kappa shape index (κ2) is 50.5. The van der Waals surface area contributed by atoms with Crippen molar-refractivity contribution in [2.45, 2.75) is 297 Å². The number of hydrogen-bond acceptors (Lipinski definition) is 6. The molecule has 0 spiro atoms. The van der Waals surface area contributed by atoms with E-state index in [1.165, 1.54) is 180 Å². The van der Waals surface area contributed by atoms with Crippen molar-refractivity contribution >= 4 is 17.9 Å². The van der Waals surface area contributed by atoms with Crippen LogP contribution in [0.25, 0.3) is 0 Å². The average molecular weight is 859 g/mol. The number of carbonyl (C=O) groups excluding carboxylic acids is 3. The van der Waals surface area contributed by atoms with E-state index >= 15 is 0 Å². The Kier molecular flexibility index (Phi) is 48.8. The predicted molar refractivity (Wildman–Crippen MR) is 261 cm³/mol. The van der Waals surface area contributed by atoms with Crippen LogP contribution in [0.2, 0.25) is 0 Å². The Labute approximate surface area is 379 Å². The fraction of sp³-hybridized carbons (Fsp3) is 0.873. The molecule has 0 unspecified atom stereocenters. The summed E-state index contributed by atoms with van der Waals surface area (Å²) in [5.41, 5.74) is 0. The summed E-state index contributed by atoms with van der Waals surface area (Å²) < 4.78 is 16.8. The number of allylic oxidation sites excluding steroid dienone is 4. The molecule has 0 saturated carbocycles. The van der Waals surface area contributed by atoms with Crippen molar-refractivity contribution < 1.29 is 28.6 Å². The van der Waals surface area contributed by atoms with Gasteiger partial charge in [-0.3, -0.25) is 14.4 Å². The highest BCUT2D eigenvalue weighted by molar-refractivity contribution is 5.71. The largest absolute Gasteiger partial charge is 0.462 e. The first-order valence-electron chi connectivity index (χ1n) is 26.8. The van der Waals surface area contributed by atoms with Crippen molar-refractivity contribution in [1.29, 1.82) is 0 Å². The van der Waals surface area contributed by atoms with Gasteiger partial charge in [-0.1, -0.05) is 244 Å². The molecule has 0 bridgehead atoms. The zero-order valence-corrected chi connectivity index (χ0v) is 40.9. The molecular weight excluding hydrogens is 757 g/mol. The molecule has 0 fully saturated rings. The molecule has 6 heteroatoms. The van der Waals surface area contributed by atoms with E-state index in [4.69, 9.17) is 14.2 Å². The van der Waals surface area contributed by atoms with Crippen LogP contribution < -0.4 is 0 Å². The topological polar surface area (TPSA) is 78.9 Å². The number of esters is 3. The van der Waals surface area contributed by atoms with Gasteiger partial charge >= 0.3 is 17.9 Å². The van der Waals surface area contributed by atoms with E-state index in [0.717, 1.165) is 70.6 Å². The van der Waals surface area contributed by atoms with E-state index in [1.807, 2.05) is 0 Å². The Morgan fingerprint density at radius 1 is 0.328 bits per heavy atom. The molecule has 0 saturated heterocycles. The fourth-order valence-corrected chi connectivity index (χ4v) is 7.89. The lowest BCUT2D eigenvalue weighted by Crippen LogP contribution is -2.30. The van der Waals surface area contributed by atoms with Crippen LogP contribution in [0, 0.1) is 0 Å². The second-order valence-corrected chi connectivity index (χ2v) is 18.2. The minimum absolute atomic E-state index is 0.0687. The summed E-state index contributed by atoms with van der Waals surface area (Å²) >= 11 is 0. The van der Waals surface area contributed by atoms with Crippen molar-refractivity contribution in [3.8, 4) is 0 Å². The maximum atomic E-state index is 12.8. The van der Waals surface area contributed by atoms with Gasteiger partial charge in [0.05, 0.1) is 0 Å². The van der Waals surface area contributed by atoms with Gasteiger partial charge in [0.1, 0.15) is 13.2 Å². The van der Waals surface area contributed by atoms with Crippen LogP contribution in [0.4, 0.5) is 0 Å². The molecule has 6 nitrogen and oxygen atoms in total. The first-order valence-corrected chi connectivity index (χ1v) is 26.8. The van der Waals surface area contributed by atoms with Crippen molar-refractivity contribution in [1.82, 2.24) is 0 Å². The standard InChI is InChI=1S/C55H102O6/c1-4-7-10-13-16-19-22-24-26-27-29-30-33-36-39-42-45-48-54(57)60-51-52(50-59-53(56)47-44-41-38-35-32-21-18-15-12-9-6-3)61-55(58)49-46-43-40-37-34-31-28-25-23-20-17-14-11-8-5-2/h16,19,24,26,52H,4-15,17-18,20-23,25,27-51H2,1-3H3/b19-16-,26-24-/t52-/m1/s1. The molecule has 0 aliphatic heterocycles. The van der Waals surface area contributed by atoms with Crippen molar-refractivity contribution in [3.63, 3.8) is 0 Å². The van der Waals surface area contributed by atoms with Crippen molar-refractivity contribution in [2.24, 2.45) is 0 Å². The van der Waals surface area contributed by atoms with Gasteiger partial charge in [-0.2, -0.15) is 0 Å². The second-order valence-electron chi connectivity index (χ2n) is 18.2. The molecule has 358 valence electrons. The molecule has 0 rings (SSSR count). The summed E-state index contributed by atoms with van der Waals surface area (Å²) in [6.07, 6.45) is 57.3. The Hall–Kier alpha value is -2.11. The van der Waals surface area contributed by atoms with Gasteiger partial charge in [0.25, 0.3) is 0 Å². The number of rotatable bonds is 49. The van der Waals surface area contributed by atoms with Crippen LogP contribution in [0.5, 0.6) is 0 Å². The molecule has 0 aromatic carbocycles. The van der Waals surface area contributed by atoms with E-state index < -0.39 is 6.10 Å². The van der Waals surface area contributed by atoms with Crippen LogP contribution in [0.3, 0.4) is 0 Å². The molecule has 1 atom stereocenters. The summed E-state index contributed by atoms with van der Waals surface area (Å²) in [6.45, 7) is 6.63. The summed E-state index contributed by atoms with van der Waals surface area (Å²) in [7, 11) is 0. The molecule has 0 heterocycles. The van der Waals surface area contributed by atoms with Crippen molar-refractivity contribution in [2.75, 3.05) is 13.2 Å². The number of carbonyl (C=O) groups is 3. The highest BCUT2D eigenvalue weighted by atomic mass is 16.6. The van der Waals surface area contributed by atoms with E-state index in [2.05, 4.69) is 45.1 Å². The van der Waals surface area contributed by atoms with E-state index in [1.54, 1.807) is 0 Å². The van der Waals surface area contributed by atoms with Crippen LogP contribution in [-0.2, 0) is 28.6 Å². The Morgan fingerprint density at radius 3 is 0.934 bits per heavy atom. The lowest BCUT2D eigenvalue weighted by atomic mass is 10.0. The number of ether oxygens (including phenoxy) is 3. The maximum Gasteiger partial charge on any atom is 0.306 e. The van der Waals surface area contributed by atoms with Gasteiger partial charge in [0, 0.05) is 19.3 Å². The van der Waals surface area contributed by atoms with Crippen LogP contribution >= 0.6 is 0 Å². The third kappa shape index (κ3) is 48.8. The van der Waals surface area contributed by atoms with Gasteiger partial charge in [0.15, 0.2) is 6.10 Å². The molecule has 61 heavy (non-hydrogen) atoms. The van der Waals surface area contributed by atoms with Crippen LogP contribution in [0.1, 0.15) is 290 Å². The van der Waals surface area contributed by atoms with Gasteiger partial charge < -0.3 is 14.2 Å². The monoisotopic (exact) mass is 859 g/mol. The van der Waals surface area contributed by atoms with E-state index in [9.17, 15) is 14.4 Å². The molecule has 0 amide bonds. The zero-order valence-electron chi connectivity index (χ0n) is 40.9. The molecule has 0 aromatic heterocycles. The lowest BCUT2D eigenvalue weighted by Gasteiger charge is -2.18. The number of unbranched alkanes of at least 4 members (excludes halogenated alkanes) is 34. The first-order chi connectivity index (χ1) is 30.0. The molecular formula is C55H102O6. The Morgan fingerprint density at radius 2 is 0.590 bits per heavy atom. The van der Waals surface area contributed by atoms with Crippen molar-refractivity contribution in [3.05, 3.63) is 24.3 Å². The highest BCUT2D eigenvalue weighted by Crippen LogP contribution is 2.16. The van der Waals surface area contributed by atoms with Gasteiger partial charge in [-0.25, -0.2) is 0 Å². The lowest BCUT2D eigenvalue weighted by molar-refractivity contribution is -0.167. The maximum absolute atomic E-state index is 12.8. The van der Waals surface area contributed by atoms with Gasteiger partial charge in [-0.05, 0) is 51.4 Å². The summed E-state index contributed by atoms with van der Waals surface area (Å²) in [4.78, 5) is 38.0. The Balaban J connectivity index is 4.32. The third-order valence-corrected chi connectivity index (χ3v) is 12.0. The first kappa shape index (κ1) is 58.9. The molecule has 0 aromatic rings. The molecule has 0 aliphatic carbocycles. The predicted octanol–water partition coefficient (Wildman–Crippen LogP) is 17.5. The summed E-state index contributed by atoms with van der Waals surface area (Å²) in [5.74, 6) is -0.861. The van der Waals surface area contributed by atoms with Gasteiger partial charge in [-0.15, -0.1) is 0 Å². The Bertz CT molecular complexity index is 989. The van der Waals surface area contributed by atoms with Gasteiger partial charge in [0.2, 0.25) is 0 Å². The fourth-order valence-electron chi connectivity index (χ4n) is 7.89. The SMILES string of the molecule is CCCCC/C=C\C/C=C\CCCCCCCCCC(=O)OC[C@@H](COC(=O)CCCCCCCCCCCCC)OC(=O)CCCCCCCCCCCCCCCCC. The molecule has 0 N–H and O–H groups in total. The normalized spacial score (nSPS) is 12.1. The van der Waals surface area contributed by atoms with Crippen LogP contribution in [0.15, 0.2) is 24.3 Å². The van der Waals surface area contributed by atoms with Crippen LogP contribution in [-0.4, -0.2) is 37.2 Å². The smallest absolute Gasteiger partial charge is 0.306 e. The summed E-state index contributed by atoms with van der Waals surface area (Å²) in [5, 5.41) is 0. The summed E-state index contributed by atoms with van der Waals surface area (Å²) in [6, 6.07) is 0. The molecule has 0 aliphatic rings. The quantitative estimate of drug-likeness (QED) is 0.0262. The van der Waals surface area contributed by atoms with E-state index in [0.29, 0.717) is 19.3 Å². The third-order valence-electron chi connectivity index (χ3n) is 12.0. The molecule has 0 radical (unpaired) electrons. The minimum Gasteiger partial charge on any atom is -0.462 e. The average Bonchev–Trinajstić information content (AvgIpc) is 3.26.